The van der Waals surface area contributed by atoms with E-state index < -0.39 is 0 Å². The lowest BCUT2D eigenvalue weighted by Crippen LogP contribution is -2.14. The van der Waals surface area contributed by atoms with Crippen molar-refractivity contribution in [3.63, 3.8) is 0 Å². The van der Waals surface area contributed by atoms with Gasteiger partial charge in [-0.1, -0.05) is 29.8 Å². The molecule has 0 saturated carbocycles. The van der Waals surface area contributed by atoms with E-state index in [0.29, 0.717) is 11.3 Å². The molecule has 0 radical (unpaired) electrons. The number of thiophene rings is 1. The van der Waals surface area contributed by atoms with E-state index in [4.69, 9.17) is 0 Å². The second-order valence-corrected chi connectivity index (χ2v) is 6.00. The van der Waals surface area contributed by atoms with Crippen LogP contribution in [0.15, 0.2) is 58.0 Å². The minimum absolute atomic E-state index is 0.109. The molecule has 0 unspecified atom stereocenters. The van der Waals surface area contributed by atoms with Crippen LogP contribution < -0.4 is 5.56 Å². The second kappa shape index (κ2) is 4.96. The normalized spacial score (nSPS) is 11.1. The molecule has 0 aliphatic carbocycles. The Labute approximate surface area is 130 Å². The van der Waals surface area contributed by atoms with Gasteiger partial charge in [0, 0.05) is 28.6 Å². The highest BCUT2D eigenvalue weighted by Crippen LogP contribution is 2.22. The van der Waals surface area contributed by atoms with E-state index in [-0.39, 0.29) is 5.56 Å². The standard InChI is InChI=1S/C17H13N3OS/c1-11-2-4-12(5-3-11)14-9-17(21)20-16(18-14)8-15(19-20)13-6-7-22-10-13/h2-10,19H,1H3. The molecule has 3 aromatic heterocycles. The lowest BCUT2D eigenvalue weighted by molar-refractivity contribution is 0.905. The molecule has 4 nitrogen and oxygen atoms in total. The van der Waals surface area contributed by atoms with Gasteiger partial charge in [-0.15, -0.1) is 0 Å². The van der Waals surface area contributed by atoms with E-state index in [9.17, 15) is 4.79 Å². The number of nitrogens with one attached hydrogen (secondary N) is 1. The number of benzene rings is 1. The highest BCUT2D eigenvalue weighted by molar-refractivity contribution is 7.08. The summed E-state index contributed by atoms with van der Waals surface area (Å²) in [7, 11) is 0. The van der Waals surface area contributed by atoms with Crippen LogP contribution in [0.2, 0.25) is 0 Å². The molecule has 1 aromatic carbocycles. The van der Waals surface area contributed by atoms with Gasteiger partial charge >= 0.3 is 0 Å². The Bertz CT molecular complexity index is 995. The summed E-state index contributed by atoms with van der Waals surface area (Å²) in [6, 6.07) is 13.5. The van der Waals surface area contributed by atoms with Crippen LogP contribution in [0.3, 0.4) is 0 Å². The van der Waals surface area contributed by atoms with Gasteiger partial charge in [0.2, 0.25) is 0 Å². The Morgan fingerprint density at radius 1 is 1.09 bits per heavy atom. The largest absolute Gasteiger partial charge is 0.289 e. The molecule has 4 aromatic rings. The average Bonchev–Trinajstić information content (AvgIpc) is 3.17. The van der Waals surface area contributed by atoms with Gasteiger partial charge in [-0.3, -0.25) is 9.89 Å². The first-order chi connectivity index (χ1) is 10.7. The first kappa shape index (κ1) is 13.0. The summed E-state index contributed by atoms with van der Waals surface area (Å²) in [6.07, 6.45) is 0. The van der Waals surface area contributed by atoms with Crippen molar-refractivity contribution in [3.05, 3.63) is 69.1 Å². The molecule has 0 aliphatic heterocycles. The lowest BCUT2D eigenvalue weighted by atomic mass is 10.1. The zero-order chi connectivity index (χ0) is 15.1. The van der Waals surface area contributed by atoms with Crippen LogP contribution in [0.25, 0.3) is 28.2 Å². The number of hydrogen-bond acceptors (Lipinski definition) is 3. The summed E-state index contributed by atoms with van der Waals surface area (Å²) < 4.78 is 1.48. The van der Waals surface area contributed by atoms with Crippen LogP contribution in [0.1, 0.15) is 5.56 Å². The summed E-state index contributed by atoms with van der Waals surface area (Å²) in [5.74, 6) is 0. The van der Waals surface area contributed by atoms with Crippen molar-refractivity contribution in [2.24, 2.45) is 0 Å². The van der Waals surface area contributed by atoms with Gasteiger partial charge in [-0.25, -0.2) is 9.50 Å². The third-order valence-electron chi connectivity index (χ3n) is 3.63. The molecule has 0 bridgehead atoms. The summed E-state index contributed by atoms with van der Waals surface area (Å²) in [6.45, 7) is 2.04. The first-order valence-corrected chi connectivity index (χ1v) is 7.87. The van der Waals surface area contributed by atoms with Crippen LogP contribution >= 0.6 is 11.3 Å². The molecule has 5 heteroatoms. The van der Waals surface area contributed by atoms with Crippen molar-refractivity contribution in [2.75, 3.05) is 0 Å². The Kier molecular flexibility index (Phi) is 2.94. The predicted molar refractivity (Wildman–Crippen MR) is 89.3 cm³/mol. The van der Waals surface area contributed by atoms with Crippen LogP contribution in [0.4, 0.5) is 0 Å². The minimum atomic E-state index is -0.109. The third-order valence-corrected chi connectivity index (χ3v) is 4.31. The van der Waals surface area contributed by atoms with E-state index in [1.165, 1.54) is 10.1 Å². The van der Waals surface area contributed by atoms with E-state index in [2.05, 4.69) is 10.1 Å². The number of rotatable bonds is 2. The number of hydrogen-bond donors (Lipinski definition) is 1. The van der Waals surface area contributed by atoms with Gasteiger partial charge in [0.1, 0.15) is 0 Å². The lowest BCUT2D eigenvalue weighted by Gasteiger charge is -2.01. The van der Waals surface area contributed by atoms with Gasteiger partial charge in [0.25, 0.3) is 5.56 Å². The average molecular weight is 307 g/mol. The SMILES string of the molecule is Cc1ccc(-c2cc(=O)n3[nH]c(-c4ccsc4)cc3n2)cc1. The molecule has 0 amide bonds. The Hall–Kier alpha value is -2.66. The van der Waals surface area contributed by atoms with E-state index in [1.54, 1.807) is 17.4 Å². The van der Waals surface area contributed by atoms with Crippen molar-refractivity contribution in [1.29, 1.82) is 0 Å². The summed E-state index contributed by atoms with van der Waals surface area (Å²) in [5.41, 5.74) is 5.30. The number of fused-ring (bicyclic) bond motifs is 1. The van der Waals surface area contributed by atoms with Crippen LogP contribution in [-0.4, -0.2) is 14.6 Å². The van der Waals surface area contributed by atoms with Gasteiger partial charge in [0.05, 0.1) is 11.4 Å². The first-order valence-electron chi connectivity index (χ1n) is 6.93. The highest BCUT2D eigenvalue weighted by atomic mass is 32.1. The van der Waals surface area contributed by atoms with Crippen LogP contribution in [0, 0.1) is 6.92 Å². The maximum Gasteiger partial charge on any atom is 0.273 e. The van der Waals surface area contributed by atoms with Crippen molar-refractivity contribution < 1.29 is 0 Å². The molecule has 4 rings (SSSR count). The van der Waals surface area contributed by atoms with Gasteiger partial charge in [-0.2, -0.15) is 11.3 Å². The highest BCUT2D eigenvalue weighted by Gasteiger charge is 2.09. The third kappa shape index (κ3) is 2.16. The quantitative estimate of drug-likeness (QED) is 0.613. The Balaban J connectivity index is 1.89. The minimum Gasteiger partial charge on any atom is -0.289 e. The van der Waals surface area contributed by atoms with Gasteiger partial charge in [0.15, 0.2) is 5.65 Å². The predicted octanol–water partition coefficient (Wildman–Crippen LogP) is 3.73. The Morgan fingerprint density at radius 2 is 1.91 bits per heavy atom. The van der Waals surface area contributed by atoms with Crippen LogP contribution in [-0.2, 0) is 0 Å². The molecule has 3 heterocycles. The number of H-pyrrole nitrogens is 1. The van der Waals surface area contributed by atoms with Crippen LogP contribution in [0.5, 0.6) is 0 Å². The second-order valence-electron chi connectivity index (χ2n) is 5.22. The molecule has 0 aliphatic rings. The molecule has 1 N–H and O–H groups in total. The summed E-state index contributed by atoms with van der Waals surface area (Å²) >= 11 is 1.62. The number of aryl methyl sites for hydroxylation is 1. The molecular formula is C17H13N3OS. The maximum absolute atomic E-state index is 12.3. The molecule has 0 atom stereocenters. The fourth-order valence-electron chi connectivity index (χ4n) is 2.43. The molecule has 22 heavy (non-hydrogen) atoms. The van der Waals surface area contributed by atoms with E-state index in [0.717, 1.165) is 16.8 Å². The summed E-state index contributed by atoms with van der Waals surface area (Å²) in [4.78, 5) is 16.9. The maximum atomic E-state index is 12.3. The van der Waals surface area contributed by atoms with Crippen molar-refractivity contribution in [3.8, 4) is 22.5 Å². The molecule has 0 saturated heterocycles. The number of nitrogens with zero attached hydrogens (tertiary/aromatic N) is 2. The molecule has 0 fully saturated rings. The van der Waals surface area contributed by atoms with Gasteiger partial charge in [-0.05, 0) is 18.4 Å². The Morgan fingerprint density at radius 3 is 2.64 bits per heavy atom. The molecule has 0 spiro atoms. The van der Waals surface area contributed by atoms with Gasteiger partial charge < -0.3 is 0 Å². The van der Waals surface area contributed by atoms with Crippen molar-refractivity contribution in [1.82, 2.24) is 14.6 Å². The monoisotopic (exact) mass is 307 g/mol. The zero-order valence-electron chi connectivity index (χ0n) is 11.9. The zero-order valence-corrected chi connectivity index (χ0v) is 12.7. The van der Waals surface area contributed by atoms with Crippen molar-refractivity contribution >= 4 is 17.0 Å². The molecule has 108 valence electrons. The number of aromatic nitrogens is 3. The van der Waals surface area contributed by atoms with E-state index in [1.807, 2.05) is 54.1 Å². The smallest absolute Gasteiger partial charge is 0.273 e. The summed E-state index contributed by atoms with van der Waals surface area (Å²) in [5, 5.41) is 7.15. The fourth-order valence-corrected chi connectivity index (χ4v) is 3.08. The topological polar surface area (TPSA) is 50.2 Å². The fraction of sp³-hybridized carbons (Fsp3) is 0.0588. The van der Waals surface area contributed by atoms with E-state index >= 15 is 0 Å². The van der Waals surface area contributed by atoms with Crippen molar-refractivity contribution in [2.45, 2.75) is 6.92 Å². The molecular weight excluding hydrogens is 294 g/mol. The number of aromatic amines is 1.